The van der Waals surface area contributed by atoms with Crippen molar-refractivity contribution in [3.63, 3.8) is 0 Å². The van der Waals surface area contributed by atoms with E-state index in [1.54, 1.807) is 26.0 Å². The normalized spacial score (nSPS) is 11.0. The third-order valence-electron chi connectivity index (χ3n) is 4.02. The second kappa shape index (κ2) is 8.86. The molecule has 0 aliphatic heterocycles. The van der Waals surface area contributed by atoms with E-state index in [-0.39, 0.29) is 18.1 Å². The minimum atomic E-state index is -0.636. The molecular formula is C21H22N2O4. The van der Waals surface area contributed by atoms with Crippen LogP contribution >= 0.6 is 0 Å². The molecule has 0 atom stereocenters. The minimum Gasteiger partial charge on any atom is -0.462 e. The summed E-state index contributed by atoms with van der Waals surface area (Å²) in [5, 5.41) is 9.22. The molecule has 0 amide bonds. The summed E-state index contributed by atoms with van der Waals surface area (Å²) in [4.78, 5) is 23.6. The van der Waals surface area contributed by atoms with E-state index in [0.29, 0.717) is 12.2 Å². The van der Waals surface area contributed by atoms with E-state index in [1.807, 2.05) is 42.7 Å². The minimum absolute atomic E-state index is 0.0465. The van der Waals surface area contributed by atoms with Crippen molar-refractivity contribution in [1.82, 2.24) is 4.57 Å². The number of hydrogen-bond acceptors (Lipinski definition) is 5. The molecule has 0 unspecified atom stereocenters. The second-order valence-corrected chi connectivity index (χ2v) is 5.82. The molecule has 0 fully saturated rings. The number of benzene rings is 1. The molecule has 0 spiro atoms. The van der Waals surface area contributed by atoms with Crippen LogP contribution < -0.4 is 0 Å². The highest BCUT2D eigenvalue weighted by Crippen LogP contribution is 2.23. The molecule has 27 heavy (non-hydrogen) atoms. The van der Waals surface area contributed by atoms with Crippen LogP contribution in [0.2, 0.25) is 0 Å². The predicted octanol–water partition coefficient (Wildman–Crippen LogP) is 3.74. The zero-order chi connectivity index (χ0) is 20.0. The average Bonchev–Trinajstić information content (AvgIpc) is 2.93. The third-order valence-corrected chi connectivity index (χ3v) is 4.02. The molecule has 6 heteroatoms. The largest absolute Gasteiger partial charge is 0.462 e. The Kier molecular flexibility index (Phi) is 6.56. The Morgan fingerprint density at radius 3 is 2.30 bits per heavy atom. The van der Waals surface area contributed by atoms with Gasteiger partial charge in [-0.1, -0.05) is 0 Å². The van der Waals surface area contributed by atoms with Crippen LogP contribution in [0.3, 0.4) is 0 Å². The molecule has 0 N–H and O–H groups in total. The summed E-state index contributed by atoms with van der Waals surface area (Å²) in [5.41, 5.74) is 3.86. The van der Waals surface area contributed by atoms with Gasteiger partial charge in [0, 0.05) is 17.1 Å². The lowest BCUT2D eigenvalue weighted by molar-refractivity contribution is -0.137. The summed E-state index contributed by atoms with van der Waals surface area (Å²) in [6, 6.07) is 10.9. The maximum absolute atomic E-state index is 11.8. The van der Waals surface area contributed by atoms with Gasteiger partial charge in [0.2, 0.25) is 0 Å². The molecule has 0 aliphatic carbocycles. The zero-order valence-corrected chi connectivity index (χ0v) is 15.9. The Morgan fingerprint density at radius 2 is 1.74 bits per heavy atom. The Morgan fingerprint density at radius 1 is 1.11 bits per heavy atom. The Labute approximate surface area is 158 Å². The summed E-state index contributed by atoms with van der Waals surface area (Å²) >= 11 is 0. The van der Waals surface area contributed by atoms with Gasteiger partial charge in [-0.05, 0) is 69.7 Å². The van der Waals surface area contributed by atoms with Gasteiger partial charge in [0.25, 0.3) is 0 Å². The van der Waals surface area contributed by atoms with Gasteiger partial charge in [-0.3, -0.25) is 0 Å². The van der Waals surface area contributed by atoms with Crippen LogP contribution in [0, 0.1) is 25.2 Å². The van der Waals surface area contributed by atoms with Crippen molar-refractivity contribution in [3.8, 4) is 11.8 Å². The Hall–Kier alpha value is -3.33. The fourth-order valence-electron chi connectivity index (χ4n) is 2.79. The molecule has 0 bridgehead atoms. The van der Waals surface area contributed by atoms with Crippen LogP contribution in [-0.2, 0) is 14.3 Å². The van der Waals surface area contributed by atoms with Crippen molar-refractivity contribution in [3.05, 3.63) is 58.4 Å². The smallest absolute Gasteiger partial charge is 0.348 e. The van der Waals surface area contributed by atoms with Crippen LogP contribution in [0.25, 0.3) is 11.8 Å². The highest BCUT2D eigenvalue weighted by atomic mass is 16.5. The number of carbonyl (C=O) groups is 2. The summed E-state index contributed by atoms with van der Waals surface area (Å²) in [5.74, 6) is -0.995. The van der Waals surface area contributed by atoms with Crippen LogP contribution in [0.1, 0.15) is 41.2 Å². The van der Waals surface area contributed by atoms with Crippen molar-refractivity contribution in [2.45, 2.75) is 27.7 Å². The molecule has 2 aromatic rings. The molecule has 1 heterocycles. The molecule has 1 aromatic heterocycles. The van der Waals surface area contributed by atoms with Crippen LogP contribution in [0.15, 0.2) is 35.9 Å². The topological polar surface area (TPSA) is 81.3 Å². The van der Waals surface area contributed by atoms with Crippen LogP contribution in [-0.4, -0.2) is 29.7 Å². The zero-order valence-electron chi connectivity index (χ0n) is 15.9. The molecule has 0 radical (unpaired) electrons. The van der Waals surface area contributed by atoms with E-state index in [1.165, 1.54) is 6.08 Å². The predicted molar refractivity (Wildman–Crippen MR) is 101 cm³/mol. The first-order valence-corrected chi connectivity index (χ1v) is 8.68. The maximum Gasteiger partial charge on any atom is 0.348 e. The van der Waals surface area contributed by atoms with Gasteiger partial charge in [-0.2, -0.15) is 5.26 Å². The first-order valence-electron chi connectivity index (χ1n) is 8.68. The van der Waals surface area contributed by atoms with Crippen molar-refractivity contribution in [2.75, 3.05) is 13.2 Å². The quantitative estimate of drug-likeness (QED) is 0.442. The van der Waals surface area contributed by atoms with E-state index < -0.39 is 5.97 Å². The van der Waals surface area contributed by atoms with E-state index in [0.717, 1.165) is 22.6 Å². The van der Waals surface area contributed by atoms with Crippen LogP contribution in [0.5, 0.6) is 0 Å². The van der Waals surface area contributed by atoms with Gasteiger partial charge in [0.05, 0.1) is 18.8 Å². The summed E-state index contributed by atoms with van der Waals surface area (Å²) < 4.78 is 11.9. The Bertz CT molecular complexity index is 915. The molecule has 1 aromatic carbocycles. The standard InChI is InChI=1S/C21H22N2O4/c1-5-26-20(24)16-7-9-19(10-8-16)23-14(3)11-17(15(23)4)12-18(13-22)21(25)27-6-2/h7-12H,5-6H2,1-4H3. The highest BCUT2D eigenvalue weighted by molar-refractivity contribution is 5.98. The summed E-state index contributed by atoms with van der Waals surface area (Å²) in [6.07, 6.45) is 1.53. The van der Waals surface area contributed by atoms with Crippen molar-refractivity contribution in [1.29, 1.82) is 5.26 Å². The molecule has 0 saturated carbocycles. The molecule has 0 aliphatic rings. The SMILES string of the molecule is CCOC(=O)C(C#N)=Cc1cc(C)n(-c2ccc(C(=O)OCC)cc2)c1C. The highest BCUT2D eigenvalue weighted by Gasteiger charge is 2.15. The number of esters is 2. The molecule has 2 rings (SSSR count). The van der Waals surface area contributed by atoms with Gasteiger partial charge in [0.15, 0.2) is 0 Å². The number of hydrogen-bond donors (Lipinski definition) is 0. The molecule has 0 saturated heterocycles. The lowest BCUT2D eigenvalue weighted by Crippen LogP contribution is -2.06. The first-order chi connectivity index (χ1) is 12.9. The fraction of sp³-hybridized carbons (Fsp3) is 0.286. The number of aromatic nitrogens is 1. The summed E-state index contributed by atoms with van der Waals surface area (Å²) in [7, 11) is 0. The first kappa shape index (κ1) is 20.0. The van der Waals surface area contributed by atoms with Gasteiger partial charge >= 0.3 is 11.9 Å². The monoisotopic (exact) mass is 366 g/mol. The molecule has 140 valence electrons. The van der Waals surface area contributed by atoms with Crippen molar-refractivity contribution in [2.24, 2.45) is 0 Å². The lowest BCUT2D eigenvalue weighted by atomic mass is 10.1. The summed E-state index contributed by atoms with van der Waals surface area (Å²) in [6.45, 7) is 7.83. The number of nitrogens with zero attached hydrogens (tertiary/aromatic N) is 2. The Balaban J connectivity index is 2.39. The average molecular weight is 366 g/mol. The van der Waals surface area contributed by atoms with Gasteiger partial charge in [0.1, 0.15) is 11.6 Å². The van der Waals surface area contributed by atoms with Gasteiger partial charge < -0.3 is 14.0 Å². The van der Waals surface area contributed by atoms with E-state index in [9.17, 15) is 14.9 Å². The second-order valence-electron chi connectivity index (χ2n) is 5.82. The van der Waals surface area contributed by atoms with E-state index in [2.05, 4.69) is 0 Å². The van der Waals surface area contributed by atoms with Gasteiger partial charge in [-0.15, -0.1) is 0 Å². The van der Waals surface area contributed by atoms with Crippen LogP contribution in [0.4, 0.5) is 0 Å². The van der Waals surface area contributed by atoms with Crippen molar-refractivity contribution < 1.29 is 19.1 Å². The maximum atomic E-state index is 11.8. The number of carbonyl (C=O) groups excluding carboxylic acids is 2. The number of aryl methyl sites for hydroxylation is 1. The number of ether oxygens (including phenoxy) is 2. The molecular weight excluding hydrogens is 344 g/mol. The number of nitriles is 1. The molecule has 6 nitrogen and oxygen atoms in total. The van der Waals surface area contributed by atoms with Crippen molar-refractivity contribution >= 4 is 18.0 Å². The van der Waals surface area contributed by atoms with E-state index in [4.69, 9.17) is 9.47 Å². The third kappa shape index (κ3) is 4.45. The lowest BCUT2D eigenvalue weighted by Gasteiger charge is -2.10. The number of rotatable bonds is 6. The van der Waals surface area contributed by atoms with E-state index >= 15 is 0 Å². The van der Waals surface area contributed by atoms with Gasteiger partial charge in [-0.25, -0.2) is 9.59 Å². The fourth-order valence-corrected chi connectivity index (χ4v) is 2.79.